The lowest BCUT2D eigenvalue weighted by Crippen LogP contribution is -3.08. The van der Waals surface area contributed by atoms with E-state index in [0.29, 0.717) is 13.1 Å². The van der Waals surface area contributed by atoms with E-state index in [0.717, 1.165) is 33.7 Å². The Morgan fingerprint density at radius 1 is 1.21 bits per heavy atom. The molecule has 0 bridgehead atoms. The van der Waals surface area contributed by atoms with Crippen molar-refractivity contribution >= 4 is 21.8 Å². The van der Waals surface area contributed by atoms with Gasteiger partial charge in [0.15, 0.2) is 6.54 Å². The summed E-state index contributed by atoms with van der Waals surface area (Å²) in [4.78, 5) is 13.2. The zero-order chi connectivity index (χ0) is 17.4. The summed E-state index contributed by atoms with van der Waals surface area (Å²) < 4.78 is 6.40. The van der Waals surface area contributed by atoms with E-state index in [9.17, 15) is 4.79 Å². The fraction of sp³-hybridized carbons (Fsp3) is 0.316. The van der Waals surface area contributed by atoms with Crippen molar-refractivity contribution in [2.45, 2.75) is 13.0 Å². The minimum Gasteiger partial charge on any atom is -0.496 e. The molecule has 0 aliphatic rings. The summed E-state index contributed by atoms with van der Waals surface area (Å²) in [6.45, 7) is 1.83. The lowest BCUT2D eigenvalue weighted by Gasteiger charge is -2.16. The number of likely N-dealkylation sites (N-methyl/N-ethyl adjacent to an activating group) is 1. The number of quaternary nitrogens is 1. The fourth-order valence-electron chi connectivity index (χ4n) is 2.60. The molecule has 0 heterocycles. The quantitative estimate of drug-likeness (QED) is 0.720. The van der Waals surface area contributed by atoms with Crippen molar-refractivity contribution in [1.82, 2.24) is 5.32 Å². The molecule has 0 aliphatic carbocycles. The lowest BCUT2D eigenvalue weighted by atomic mass is 10.1. The summed E-state index contributed by atoms with van der Waals surface area (Å²) in [5.74, 6) is 0.916. The molecule has 1 unspecified atom stereocenters. The van der Waals surface area contributed by atoms with Crippen LogP contribution in [-0.2, 0) is 17.8 Å². The van der Waals surface area contributed by atoms with Crippen molar-refractivity contribution in [3.63, 3.8) is 0 Å². The number of ether oxygens (including phenoxy) is 1. The van der Waals surface area contributed by atoms with E-state index in [-0.39, 0.29) is 5.91 Å². The molecule has 0 aromatic heterocycles. The van der Waals surface area contributed by atoms with Crippen LogP contribution >= 0.6 is 15.9 Å². The highest BCUT2D eigenvalue weighted by Crippen LogP contribution is 2.21. The van der Waals surface area contributed by atoms with Crippen molar-refractivity contribution in [2.75, 3.05) is 27.2 Å². The number of amides is 1. The van der Waals surface area contributed by atoms with Gasteiger partial charge in [0.1, 0.15) is 12.3 Å². The molecule has 0 fully saturated rings. The van der Waals surface area contributed by atoms with Gasteiger partial charge in [0.25, 0.3) is 5.91 Å². The number of benzene rings is 2. The maximum Gasteiger partial charge on any atom is 0.275 e. The van der Waals surface area contributed by atoms with Crippen LogP contribution in [0.1, 0.15) is 11.1 Å². The smallest absolute Gasteiger partial charge is 0.275 e. The Balaban J connectivity index is 1.78. The highest BCUT2D eigenvalue weighted by molar-refractivity contribution is 9.10. The van der Waals surface area contributed by atoms with E-state index in [1.54, 1.807) is 7.11 Å². The number of methoxy groups -OCH3 is 1. The zero-order valence-electron chi connectivity index (χ0n) is 14.1. The van der Waals surface area contributed by atoms with E-state index in [4.69, 9.17) is 4.74 Å². The van der Waals surface area contributed by atoms with Crippen molar-refractivity contribution < 1.29 is 14.4 Å². The van der Waals surface area contributed by atoms with Crippen molar-refractivity contribution in [1.29, 1.82) is 0 Å². The molecule has 1 atom stereocenters. The molecule has 2 rings (SSSR count). The number of halogens is 1. The second-order valence-corrected chi connectivity index (χ2v) is 6.77. The minimum atomic E-state index is 0.0670. The summed E-state index contributed by atoms with van der Waals surface area (Å²) in [7, 11) is 3.68. The molecule has 128 valence electrons. The number of nitrogens with one attached hydrogen (secondary N) is 2. The van der Waals surface area contributed by atoms with Crippen LogP contribution in [0.15, 0.2) is 53.0 Å². The Morgan fingerprint density at radius 3 is 2.67 bits per heavy atom. The molecule has 0 spiro atoms. The topological polar surface area (TPSA) is 42.8 Å². The standard InChI is InChI=1S/C19H23BrN2O2/c1-22(13-16-12-17(20)8-9-18(16)24-2)14-19(23)21-11-10-15-6-4-3-5-7-15/h3-9,12H,10-11,13-14H2,1-2H3,(H,21,23)/p+1. The van der Waals surface area contributed by atoms with Crippen LogP contribution in [0.2, 0.25) is 0 Å². The highest BCUT2D eigenvalue weighted by atomic mass is 79.9. The Morgan fingerprint density at radius 2 is 1.96 bits per heavy atom. The monoisotopic (exact) mass is 391 g/mol. The summed E-state index contributed by atoms with van der Waals surface area (Å²) in [5.41, 5.74) is 2.32. The summed E-state index contributed by atoms with van der Waals surface area (Å²) in [5, 5.41) is 2.99. The van der Waals surface area contributed by atoms with Crippen LogP contribution < -0.4 is 15.0 Å². The second kappa shape index (κ2) is 9.45. The molecule has 0 radical (unpaired) electrons. The van der Waals surface area contributed by atoms with E-state index < -0.39 is 0 Å². The van der Waals surface area contributed by atoms with E-state index in [1.165, 1.54) is 5.56 Å². The molecular weight excluding hydrogens is 368 g/mol. The van der Waals surface area contributed by atoms with Crippen LogP contribution in [0.5, 0.6) is 5.75 Å². The van der Waals surface area contributed by atoms with Gasteiger partial charge in [-0.3, -0.25) is 4.79 Å². The van der Waals surface area contributed by atoms with Gasteiger partial charge < -0.3 is 15.0 Å². The largest absolute Gasteiger partial charge is 0.496 e. The van der Waals surface area contributed by atoms with Crippen molar-refractivity contribution in [3.05, 3.63) is 64.1 Å². The zero-order valence-corrected chi connectivity index (χ0v) is 15.7. The molecular formula is C19H24BrN2O2+. The molecule has 2 N–H and O–H groups in total. The Hall–Kier alpha value is -1.85. The van der Waals surface area contributed by atoms with Crippen LogP contribution in [0.25, 0.3) is 0 Å². The average molecular weight is 392 g/mol. The van der Waals surface area contributed by atoms with Gasteiger partial charge >= 0.3 is 0 Å². The predicted octanol–water partition coefficient (Wildman–Crippen LogP) is 1.83. The van der Waals surface area contributed by atoms with Gasteiger partial charge in [-0.25, -0.2) is 0 Å². The number of carbonyl (C=O) groups excluding carboxylic acids is 1. The second-order valence-electron chi connectivity index (χ2n) is 5.85. The molecule has 0 saturated carbocycles. The van der Waals surface area contributed by atoms with Crippen LogP contribution in [0.4, 0.5) is 0 Å². The molecule has 4 nitrogen and oxygen atoms in total. The Kier molecular flexibility index (Phi) is 7.28. The van der Waals surface area contributed by atoms with E-state index in [1.807, 2.05) is 43.4 Å². The van der Waals surface area contributed by atoms with Crippen molar-refractivity contribution in [2.24, 2.45) is 0 Å². The summed E-state index contributed by atoms with van der Waals surface area (Å²) >= 11 is 3.48. The molecule has 1 amide bonds. The maximum absolute atomic E-state index is 12.1. The number of hydrogen-bond acceptors (Lipinski definition) is 2. The van der Waals surface area contributed by atoms with E-state index >= 15 is 0 Å². The van der Waals surface area contributed by atoms with Gasteiger partial charge in [-0.05, 0) is 30.2 Å². The number of rotatable bonds is 8. The third kappa shape index (κ3) is 5.98. The van der Waals surface area contributed by atoms with Gasteiger partial charge in [-0.1, -0.05) is 46.3 Å². The molecule has 5 heteroatoms. The molecule has 24 heavy (non-hydrogen) atoms. The first-order valence-corrected chi connectivity index (χ1v) is 8.82. The third-order valence-corrected chi connectivity index (χ3v) is 4.27. The average Bonchev–Trinajstić information content (AvgIpc) is 2.56. The first-order valence-electron chi connectivity index (χ1n) is 8.03. The minimum absolute atomic E-state index is 0.0670. The SMILES string of the molecule is COc1ccc(Br)cc1C[NH+](C)CC(=O)NCCc1ccccc1. The van der Waals surface area contributed by atoms with Crippen molar-refractivity contribution in [3.8, 4) is 5.75 Å². The Labute approximate surface area is 151 Å². The van der Waals surface area contributed by atoms with Gasteiger partial charge in [-0.15, -0.1) is 0 Å². The molecule has 0 saturated heterocycles. The molecule has 0 aliphatic heterocycles. The normalized spacial score (nSPS) is 11.8. The lowest BCUT2D eigenvalue weighted by molar-refractivity contribution is -0.885. The first kappa shape index (κ1) is 18.5. The van der Waals surface area contributed by atoms with Crippen LogP contribution in [-0.4, -0.2) is 33.2 Å². The summed E-state index contributed by atoms with van der Waals surface area (Å²) in [6, 6.07) is 16.1. The first-order chi connectivity index (χ1) is 11.6. The Bertz CT molecular complexity index is 662. The van der Waals surface area contributed by atoms with Gasteiger partial charge in [-0.2, -0.15) is 0 Å². The fourth-order valence-corrected chi connectivity index (χ4v) is 3.01. The maximum atomic E-state index is 12.1. The molecule has 2 aromatic rings. The number of carbonyl (C=O) groups is 1. The van der Waals surface area contributed by atoms with Gasteiger partial charge in [0.2, 0.25) is 0 Å². The third-order valence-electron chi connectivity index (χ3n) is 3.78. The van der Waals surface area contributed by atoms with Gasteiger partial charge in [0.05, 0.1) is 14.2 Å². The van der Waals surface area contributed by atoms with Crippen LogP contribution in [0.3, 0.4) is 0 Å². The van der Waals surface area contributed by atoms with Gasteiger partial charge in [0, 0.05) is 16.6 Å². The molecule has 2 aromatic carbocycles. The van der Waals surface area contributed by atoms with E-state index in [2.05, 4.69) is 33.4 Å². The number of hydrogen-bond donors (Lipinski definition) is 2. The highest BCUT2D eigenvalue weighted by Gasteiger charge is 2.13. The summed E-state index contributed by atoms with van der Waals surface area (Å²) in [6.07, 6.45) is 0.852. The predicted molar refractivity (Wildman–Crippen MR) is 99.3 cm³/mol. The van der Waals surface area contributed by atoms with Crippen LogP contribution in [0, 0.1) is 0 Å².